The largest absolute Gasteiger partial charge is 0.480 e. The Kier molecular flexibility index (Phi) is 5.60. The zero-order valence-electron chi connectivity index (χ0n) is 11.7. The summed E-state index contributed by atoms with van der Waals surface area (Å²) in [5.41, 5.74) is 0.402. The number of hydrogen-bond acceptors (Lipinski definition) is 3. The van der Waals surface area contributed by atoms with Gasteiger partial charge in [-0.25, -0.2) is 4.79 Å². The number of carboxylic acids is 1. The molecule has 5 nitrogen and oxygen atoms in total. The lowest BCUT2D eigenvalue weighted by molar-refractivity contribution is -0.139. The summed E-state index contributed by atoms with van der Waals surface area (Å²) >= 11 is 0. The van der Waals surface area contributed by atoms with Gasteiger partial charge < -0.3 is 14.8 Å². The Morgan fingerprint density at radius 2 is 2.05 bits per heavy atom. The van der Waals surface area contributed by atoms with Crippen molar-refractivity contribution < 1.29 is 19.1 Å². The van der Waals surface area contributed by atoms with Crippen LogP contribution in [0.2, 0.25) is 0 Å². The SMILES string of the molecule is CCCCC[C@H](NC(=O)c1cc(C)oc1C)C(=O)O. The number of aliphatic carboxylic acids is 1. The smallest absolute Gasteiger partial charge is 0.326 e. The molecule has 1 aromatic rings. The van der Waals surface area contributed by atoms with Gasteiger partial charge in [-0.2, -0.15) is 0 Å². The minimum Gasteiger partial charge on any atom is -0.480 e. The standard InChI is InChI=1S/C14H21NO4/c1-4-5-6-7-12(14(17)18)15-13(16)11-8-9(2)19-10(11)3/h8,12H,4-7H2,1-3H3,(H,15,16)(H,17,18)/t12-/m0/s1. The topological polar surface area (TPSA) is 79.5 Å². The summed E-state index contributed by atoms with van der Waals surface area (Å²) in [4.78, 5) is 23.1. The molecule has 0 aliphatic heterocycles. The average molecular weight is 267 g/mol. The molecule has 1 amide bonds. The van der Waals surface area contributed by atoms with E-state index < -0.39 is 17.9 Å². The van der Waals surface area contributed by atoms with Gasteiger partial charge in [-0.05, 0) is 26.3 Å². The van der Waals surface area contributed by atoms with E-state index in [9.17, 15) is 9.59 Å². The zero-order chi connectivity index (χ0) is 14.4. The predicted octanol–water partition coefficient (Wildman–Crippen LogP) is 2.66. The first-order valence-corrected chi connectivity index (χ1v) is 6.56. The molecule has 0 unspecified atom stereocenters. The number of hydrogen-bond donors (Lipinski definition) is 2. The second-order valence-electron chi connectivity index (χ2n) is 4.69. The number of carboxylic acid groups (broad SMARTS) is 1. The van der Waals surface area contributed by atoms with Crippen LogP contribution in [0.5, 0.6) is 0 Å². The minimum atomic E-state index is -0.998. The van der Waals surface area contributed by atoms with Crippen molar-refractivity contribution in [3.8, 4) is 0 Å². The van der Waals surface area contributed by atoms with Gasteiger partial charge in [0.1, 0.15) is 17.6 Å². The molecule has 0 saturated carbocycles. The molecule has 1 rings (SSSR count). The summed E-state index contributed by atoms with van der Waals surface area (Å²) in [6.07, 6.45) is 3.21. The van der Waals surface area contributed by atoms with Crippen molar-refractivity contribution in [1.29, 1.82) is 0 Å². The van der Waals surface area contributed by atoms with E-state index in [2.05, 4.69) is 5.32 Å². The number of nitrogens with one attached hydrogen (secondary N) is 1. The second-order valence-corrected chi connectivity index (χ2v) is 4.69. The molecular weight excluding hydrogens is 246 g/mol. The molecule has 0 spiro atoms. The molecule has 0 aliphatic rings. The fourth-order valence-corrected chi connectivity index (χ4v) is 1.95. The molecular formula is C14H21NO4. The van der Waals surface area contributed by atoms with Crippen molar-refractivity contribution in [2.24, 2.45) is 0 Å². The first-order valence-electron chi connectivity index (χ1n) is 6.56. The number of furan rings is 1. The molecule has 19 heavy (non-hydrogen) atoms. The highest BCUT2D eigenvalue weighted by Crippen LogP contribution is 2.14. The number of aryl methyl sites for hydroxylation is 2. The Morgan fingerprint density at radius 3 is 2.53 bits per heavy atom. The summed E-state index contributed by atoms with van der Waals surface area (Å²) in [6.45, 7) is 5.49. The third-order valence-corrected chi connectivity index (χ3v) is 2.99. The predicted molar refractivity (Wildman–Crippen MR) is 71.2 cm³/mol. The van der Waals surface area contributed by atoms with E-state index >= 15 is 0 Å². The molecule has 0 aliphatic carbocycles. The van der Waals surface area contributed by atoms with Gasteiger partial charge in [0, 0.05) is 0 Å². The molecule has 0 saturated heterocycles. The van der Waals surface area contributed by atoms with Crippen LogP contribution in [0.25, 0.3) is 0 Å². The lowest BCUT2D eigenvalue weighted by atomic mass is 10.1. The number of amides is 1. The van der Waals surface area contributed by atoms with Crippen LogP contribution in [0, 0.1) is 13.8 Å². The zero-order valence-corrected chi connectivity index (χ0v) is 11.7. The number of carbonyl (C=O) groups is 2. The summed E-state index contributed by atoms with van der Waals surface area (Å²) in [7, 11) is 0. The first-order chi connectivity index (χ1) is 8.95. The molecule has 0 fully saturated rings. The Balaban J connectivity index is 2.66. The molecule has 1 aromatic heterocycles. The summed E-state index contributed by atoms with van der Waals surface area (Å²) in [6, 6.07) is 0.781. The van der Waals surface area contributed by atoms with E-state index in [4.69, 9.17) is 9.52 Å². The quantitative estimate of drug-likeness (QED) is 0.744. The Labute approximate surface area is 113 Å². The van der Waals surface area contributed by atoms with Crippen LogP contribution in [0.4, 0.5) is 0 Å². The molecule has 106 valence electrons. The number of unbranched alkanes of at least 4 members (excludes halogenated alkanes) is 2. The summed E-state index contributed by atoms with van der Waals surface area (Å²) in [5, 5.41) is 11.7. The van der Waals surface area contributed by atoms with Gasteiger partial charge >= 0.3 is 5.97 Å². The maximum Gasteiger partial charge on any atom is 0.326 e. The van der Waals surface area contributed by atoms with Gasteiger partial charge in [-0.1, -0.05) is 26.2 Å². The summed E-state index contributed by atoms with van der Waals surface area (Å²) in [5.74, 6) is -0.242. The summed E-state index contributed by atoms with van der Waals surface area (Å²) < 4.78 is 5.27. The van der Waals surface area contributed by atoms with Crippen LogP contribution >= 0.6 is 0 Å². The van der Waals surface area contributed by atoms with Gasteiger partial charge in [-0.3, -0.25) is 4.79 Å². The van der Waals surface area contributed by atoms with Crippen LogP contribution in [-0.2, 0) is 4.79 Å². The number of carbonyl (C=O) groups excluding carboxylic acids is 1. The molecule has 0 aromatic carbocycles. The third kappa shape index (κ3) is 4.43. The normalized spacial score (nSPS) is 12.2. The van der Waals surface area contributed by atoms with E-state index in [-0.39, 0.29) is 0 Å². The highest BCUT2D eigenvalue weighted by atomic mass is 16.4. The van der Waals surface area contributed by atoms with Crippen molar-refractivity contribution >= 4 is 11.9 Å². The molecule has 0 radical (unpaired) electrons. The molecule has 2 N–H and O–H groups in total. The van der Waals surface area contributed by atoms with Crippen molar-refractivity contribution in [3.05, 3.63) is 23.2 Å². The van der Waals surface area contributed by atoms with Crippen molar-refractivity contribution in [2.75, 3.05) is 0 Å². The number of rotatable bonds is 7. The lowest BCUT2D eigenvalue weighted by Gasteiger charge is -2.13. The molecule has 1 heterocycles. The van der Waals surface area contributed by atoms with E-state index in [1.54, 1.807) is 19.9 Å². The third-order valence-electron chi connectivity index (χ3n) is 2.99. The molecule has 0 bridgehead atoms. The maximum absolute atomic E-state index is 12.0. The van der Waals surface area contributed by atoms with Crippen molar-refractivity contribution in [1.82, 2.24) is 5.32 Å². The Morgan fingerprint density at radius 1 is 1.37 bits per heavy atom. The highest BCUT2D eigenvalue weighted by molar-refractivity contribution is 5.97. The van der Waals surface area contributed by atoms with Gasteiger partial charge in [0.25, 0.3) is 5.91 Å². The van der Waals surface area contributed by atoms with Crippen LogP contribution < -0.4 is 5.32 Å². The Hall–Kier alpha value is -1.78. The molecule has 1 atom stereocenters. The van der Waals surface area contributed by atoms with Crippen LogP contribution in [0.15, 0.2) is 10.5 Å². The lowest BCUT2D eigenvalue weighted by Crippen LogP contribution is -2.40. The average Bonchev–Trinajstić information content (AvgIpc) is 2.67. The fourth-order valence-electron chi connectivity index (χ4n) is 1.95. The van der Waals surface area contributed by atoms with Crippen molar-refractivity contribution in [3.63, 3.8) is 0 Å². The van der Waals surface area contributed by atoms with E-state index in [1.165, 1.54) is 0 Å². The highest BCUT2D eigenvalue weighted by Gasteiger charge is 2.22. The van der Waals surface area contributed by atoms with E-state index in [0.717, 1.165) is 19.3 Å². The van der Waals surface area contributed by atoms with Crippen LogP contribution in [0.1, 0.15) is 54.5 Å². The van der Waals surface area contributed by atoms with Crippen LogP contribution in [-0.4, -0.2) is 23.0 Å². The molecule has 5 heteroatoms. The van der Waals surface area contributed by atoms with E-state index in [0.29, 0.717) is 23.5 Å². The first kappa shape index (κ1) is 15.3. The van der Waals surface area contributed by atoms with Gasteiger partial charge in [0.15, 0.2) is 0 Å². The van der Waals surface area contributed by atoms with Gasteiger partial charge in [0.05, 0.1) is 5.56 Å². The van der Waals surface area contributed by atoms with Crippen LogP contribution in [0.3, 0.4) is 0 Å². The van der Waals surface area contributed by atoms with Crippen molar-refractivity contribution in [2.45, 2.75) is 52.5 Å². The maximum atomic E-state index is 12.0. The monoisotopic (exact) mass is 267 g/mol. The minimum absolute atomic E-state index is 0.391. The van der Waals surface area contributed by atoms with E-state index in [1.807, 2.05) is 6.92 Å². The second kappa shape index (κ2) is 6.97. The van der Waals surface area contributed by atoms with Gasteiger partial charge in [0.2, 0.25) is 0 Å². The fraction of sp³-hybridized carbons (Fsp3) is 0.571. The Bertz CT molecular complexity index is 450. The van der Waals surface area contributed by atoms with Gasteiger partial charge in [-0.15, -0.1) is 0 Å².